The first-order valence-electron chi connectivity index (χ1n) is 4.06. The van der Waals surface area contributed by atoms with Gasteiger partial charge in [-0.15, -0.1) is 0 Å². The second-order valence-electron chi connectivity index (χ2n) is 2.90. The fraction of sp³-hybridized carbons (Fsp3) is 1.00. The maximum Gasteiger partial charge on any atom is 0.0504 e. The molecule has 0 saturated carbocycles. The van der Waals surface area contributed by atoms with Crippen LogP contribution in [0.15, 0.2) is 0 Å². The molecule has 0 aromatic heterocycles. The summed E-state index contributed by atoms with van der Waals surface area (Å²) in [5.41, 5.74) is 0. The van der Waals surface area contributed by atoms with E-state index in [9.17, 15) is 0 Å². The molecule has 0 N–H and O–H groups in total. The van der Waals surface area contributed by atoms with Crippen LogP contribution >= 0.6 is 15.9 Å². The molecule has 10 heavy (non-hydrogen) atoms. The Hall–Kier alpha value is 0.440. The van der Waals surface area contributed by atoms with Crippen molar-refractivity contribution < 1.29 is 4.74 Å². The second kappa shape index (κ2) is 4.35. The van der Waals surface area contributed by atoms with Crippen molar-refractivity contribution in [3.8, 4) is 0 Å². The highest BCUT2D eigenvalue weighted by Crippen LogP contribution is 2.24. The Balaban J connectivity index is 2.24. The Labute approximate surface area is 71.3 Å². The zero-order valence-corrected chi connectivity index (χ0v) is 8.06. The van der Waals surface area contributed by atoms with Crippen molar-refractivity contribution in [2.75, 3.05) is 13.2 Å². The minimum Gasteiger partial charge on any atom is -0.381 e. The summed E-state index contributed by atoms with van der Waals surface area (Å²) in [6.45, 7) is 4.15. The topological polar surface area (TPSA) is 9.23 Å². The highest BCUT2D eigenvalue weighted by atomic mass is 79.9. The van der Waals surface area contributed by atoms with Gasteiger partial charge in [0.25, 0.3) is 0 Å². The summed E-state index contributed by atoms with van der Waals surface area (Å²) < 4.78 is 5.38. The van der Waals surface area contributed by atoms with Crippen LogP contribution in [0.2, 0.25) is 0 Å². The van der Waals surface area contributed by atoms with Crippen LogP contribution in [-0.4, -0.2) is 18.0 Å². The summed E-state index contributed by atoms with van der Waals surface area (Å²) in [5.74, 6) is 0.763. The Morgan fingerprint density at radius 3 is 3.00 bits per heavy atom. The molecular formula is C8H15BrO. The molecule has 1 saturated heterocycles. The van der Waals surface area contributed by atoms with E-state index in [2.05, 4.69) is 22.9 Å². The van der Waals surface area contributed by atoms with Gasteiger partial charge in [-0.1, -0.05) is 22.9 Å². The van der Waals surface area contributed by atoms with Crippen LogP contribution in [0.25, 0.3) is 0 Å². The van der Waals surface area contributed by atoms with Crippen LogP contribution in [0.3, 0.4) is 0 Å². The van der Waals surface area contributed by atoms with E-state index in [4.69, 9.17) is 4.74 Å². The van der Waals surface area contributed by atoms with Crippen molar-refractivity contribution in [3.63, 3.8) is 0 Å². The molecule has 1 aliphatic rings. The number of ether oxygens (including phenoxy) is 1. The summed E-state index contributed by atoms with van der Waals surface area (Å²) in [7, 11) is 0. The predicted molar refractivity (Wildman–Crippen MR) is 46.5 cm³/mol. The third-order valence-corrected chi connectivity index (χ3v) is 3.49. The number of halogens is 1. The highest BCUT2D eigenvalue weighted by Gasteiger charge is 2.19. The van der Waals surface area contributed by atoms with Crippen LogP contribution in [0.4, 0.5) is 0 Å². The van der Waals surface area contributed by atoms with Gasteiger partial charge in [0.15, 0.2) is 0 Å². The molecule has 0 radical (unpaired) electrons. The molecule has 0 aromatic rings. The summed E-state index contributed by atoms with van der Waals surface area (Å²) in [6, 6.07) is 0. The molecule has 2 atom stereocenters. The van der Waals surface area contributed by atoms with Crippen molar-refractivity contribution >= 4 is 15.9 Å². The van der Waals surface area contributed by atoms with E-state index in [1.165, 1.54) is 19.3 Å². The van der Waals surface area contributed by atoms with Gasteiger partial charge in [-0.25, -0.2) is 0 Å². The Morgan fingerprint density at radius 2 is 2.50 bits per heavy atom. The molecule has 1 heterocycles. The first-order chi connectivity index (χ1) is 4.84. The average Bonchev–Trinajstić information content (AvgIpc) is 2.05. The van der Waals surface area contributed by atoms with Crippen molar-refractivity contribution in [3.05, 3.63) is 0 Å². The second-order valence-corrected chi connectivity index (χ2v) is 4.08. The van der Waals surface area contributed by atoms with Crippen LogP contribution in [-0.2, 0) is 4.74 Å². The fourth-order valence-corrected chi connectivity index (χ4v) is 1.80. The van der Waals surface area contributed by atoms with Crippen LogP contribution in [0.5, 0.6) is 0 Å². The van der Waals surface area contributed by atoms with Crippen molar-refractivity contribution in [2.24, 2.45) is 5.92 Å². The lowest BCUT2D eigenvalue weighted by Crippen LogP contribution is -2.24. The average molecular weight is 207 g/mol. The molecule has 2 unspecified atom stereocenters. The van der Waals surface area contributed by atoms with Gasteiger partial charge in [-0.05, 0) is 25.2 Å². The third-order valence-electron chi connectivity index (χ3n) is 2.10. The molecule has 0 aromatic carbocycles. The van der Waals surface area contributed by atoms with E-state index in [-0.39, 0.29) is 0 Å². The van der Waals surface area contributed by atoms with E-state index in [1.807, 2.05) is 0 Å². The molecule has 60 valence electrons. The number of hydrogen-bond acceptors (Lipinski definition) is 1. The Morgan fingerprint density at radius 1 is 1.70 bits per heavy atom. The summed E-state index contributed by atoms with van der Waals surface area (Å²) >= 11 is 3.66. The Kier molecular flexibility index (Phi) is 3.71. The zero-order chi connectivity index (χ0) is 7.40. The van der Waals surface area contributed by atoms with E-state index < -0.39 is 0 Å². The van der Waals surface area contributed by atoms with Gasteiger partial charge < -0.3 is 4.74 Å². The fourth-order valence-electron chi connectivity index (χ4n) is 1.38. The Bertz CT molecular complexity index is 89.3. The van der Waals surface area contributed by atoms with E-state index in [1.54, 1.807) is 0 Å². The molecule has 2 heteroatoms. The first-order valence-corrected chi connectivity index (χ1v) is 4.98. The highest BCUT2D eigenvalue weighted by molar-refractivity contribution is 9.09. The lowest BCUT2D eigenvalue weighted by molar-refractivity contribution is 0.0544. The number of alkyl halides is 1. The minimum absolute atomic E-state index is 0.674. The molecular weight excluding hydrogens is 192 g/mol. The summed E-state index contributed by atoms with van der Waals surface area (Å²) in [5, 5.41) is 0. The van der Waals surface area contributed by atoms with Crippen molar-refractivity contribution in [1.29, 1.82) is 0 Å². The van der Waals surface area contributed by atoms with Gasteiger partial charge in [0.05, 0.1) is 6.61 Å². The molecule has 0 spiro atoms. The maximum atomic E-state index is 5.38. The monoisotopic (exact) mass is 206 g/mol. The molecule has 1 fully saturated rings. The van der Waals surface area contributed by atoms with Crippen LogP contribution in [0.1, 0.15) is 26.2 Å². The van der Waals surface area contributed by atoms with Crippen LogP contribution < -0.4 is 0 Å². The largest absolute Gasteiger partial charge is 0.381 e. The summed E-state index contributed by atoms with van der Waals surface area (Å²) in [4.78, 5) is 0.674. The minimum atomic E-state index is 0.674. The van der Waals surface area contributed by atoms with E-state index >= 15 is 0 Å². The third kappa shape index (κ3) is 2.24. The predicted octanol–water partition coefficient (Wildman–Crippen LogP) is 2.59. The molecule has 1 nitrogen and oxygen atoms in total. The van der Waals surface area contributed by atoms with E-state index in [0.717, 1.165) is 19.1 Å². The van der Waals surface area contributed by atoms with E-state index in [0.29, 0.717) is 4.83 Å². The van der Waals surface area contributed by atoms with Gasteiger partial charge in [0.1, 0.15) is 0 Å². The molecule has 0 bridgehead atoms. The van der Waals surface area contributed by atoms with Gasteiger partial charge in [-0.3, -0.25) is 0 Å². The lowest BCUT2D eigenvalue weighted by atomic mass is 9.97. The summed E-state index contributed by atoms with van der Waals surface area (Å²) in [6.07, 6.45) is 3.80. The van der Waals surface area contributed by atoms with Gasteiger partial charge >= 0.3 is 0 Å². The maximum absolute atomic E-state index is 5.38. The molecule has 1 aliphatic heterocycles. The van der Waals surface area contributed by atoms with Gasteiger partial charge in [-0.2, -0.15) is 0 Å². The molecule has 1 rings (SSSR count). The first kappa shape index (κ1) is 8.54. The molecule has 0 amide bonds. The van der Waals surface area contributed by atoms with Crippen molar-refractivity contribution in [1.82, 2.24) is 0 Å². The quantitative estimate of drug-likeness (QED) is 0.632. The van der Waals surface area contributed by atoms with Crippen LogP contribution in [0, 0.1) is 5.92 Å². The zero-order valence-electron chi connectivity index (χ0n) is 6.48. The van der Waals surface area contributed by atoms with Crippen molar-refractivity contribution in [2.45, 2.75) is 31.0 Å². The number of rotatable bonds is 2. The SMILES string of the molecule is CCC(Br)C1CCCOC1. The lowest BCUT2D eigenvalue weighted by Gasteiger charge is -2.25. The normalized spacial score (nSPS) is 30.0. The van der Waals surface area contributed by atoms with Gasteiger partial charge in [0, 0.05) is 11.4 Å². The standard InChI is InChI=1S/C8H15BrO/c1-2-8(9)7-4-3-5-10-6-7/h7-8H,2-6H2,1H3. The number of hydrogen-bond donors (Lipinski definition) is 0. The molecule has 0 aliphatic carbocycles. The van der Waals surface area contributed by atoms with Gasteiger partial charge in [0.2, 0.25) is 0 Å². The smallest absolute Gasteiger partial charge is 0.0504 e.